The Morgan fingerprint density at radius 3 is 2.92 bits per heavy atom. The molecule has 0 spiro atoms. The smallest absolute Gasteiger partial charge is 0.324 e. The zero-order valence-electron chi connectivity index (χ0n) is 13.5. The molecule has 3 rings (SSSR count). The number of halogens is 1. The number of anilines is 1. The lowest BCUT2D eigenvalue weighted by atomic mass is 10.1. The third kappa shape index (κ3) is 4.01. The van der Waals surface area contributed by atoms with Crippen molar-refractivity contribution in [1.82, 2.24) is 19.7 Å². The van der Waals surface area contributed by atoms with Crippen LogP contribution in [0.4, 0.5) is 15.1 Å². The molecule has 128 valence electrons. The number of amides is 2. The van der Waals surface area contributed by atoms with Crippen LogP contribution in [0.3, 0.4) is 0 Å². The molecule has 0 radical (unpaired) electrons. The number of benzene rings is 1. The van der Waals surface area contributed by atoms with E-state index in [2.05, 4.69) is 15.4 Å². The Kier molecular flexibility index (Phi) is 4.93. The first kappa shape index (κ1) is 16.2. The summed E-state index contributed by atoms with van der Waals surface area (Å²) in [5, 5.41) is 6.84. The maximum Gasteiger partial charge on any atom is 0.324 e. The van der Waals surface area contributed by atoms with Gasteiger partial charge in [-0.3, -0.25) is 10.00 Å². The van der Waals surface area contributed by atoms with Crippen LogP contribution >= 0.6 is 0 Å². The molecule has 1 aromatic carbocycles. The van der Waals surface area contributed by atoms with Crippen LogP contribution in [0.2, 0.25) is 0 Å². The Bertz CT molecular complexity index is 688. The highest BCUT2D eigenvalue weighted by molar-refractivity contribution is 5.87. The van der Waals surface area contributed by atoms with E-state index >= 15 is 0 Å². The summed E-state index contributed by atoms with van der Waals surface area (Å²) in [5.74, 6) is 0.599. The van der Waals surface area contributed by atoms with E-state index in [0.717, 1.165) is 12.8 Å². The summed E-state index contributed by atoms with van der Waals surface area (Å²) in [6.45, 7) is 3.77. The van der Waals surface area contributed by atoms with E-state index in [1.54, 1.807) is 28.0 Å². The van der Waals surface area contributed by atoms with Gasteiger partial charge in [-0.1, -0.05) is 0 Å². The molecule has 24 heavy (non-hydrogen) atoms. The number of urea groups is 1. The number of nitrogens with one attached hydrogen (secondary N) is 1. The molecule has 1 N–H and O–H groups in total. The summed E-state index contributed by atoms with van der Waals surface area (Å²) in [6, 6.07) is 5.67. The number of aryl methyl sites for hydroxylation is 1. The van der Waals surface area contributed by atoms with Gasteiger partial charge in [0.15, 0.2) is 0 Å². The highest BCUT2D eigenvalue weighted by atomic mass is 19.1. The number of nitrogens with zero attached hydrogens (tertiary/aromatic N) is 4. The van der Waals surface area contributed by atoms with Gasteiger partial charge in [-0.2, -0.15) is 0 Å². The second-order valence-corrected chi connectivity index (χ2v) is 5.64. The van der Waals surface area contributed by atoms with Crippen LogP contribution in [0.25, 0.3) is 0 Å². The molecule has 7 nitrogen and oxygen atoms in total. The largest absolute Gasteiger partial charge is 0.489 e. The summed E-state index contributed by atoms with van der Waals surface area (Å²) in [7, 11) is 0. The number of aromatic nitrogens is 3. The normalized spacial score (nSPS) is 17.6. The van der Waals surface area contributed by atoms with Gasteiger partial charge in [0.1, 0.15) is 24.0 Å². The average molecular weight is 333 g/mol. The van der Waals surface area contributed by atoms with E-state index in [1.807, 2.05) is 6.92 Å². The van der Waals surface area contributed by atoms with E-state index in [-0.39, 0.29) is 18.0 Å². The lowest BCUT2D eigenvalue weighted by Crippen LogP contribution is -2.46. The molecule has 0 bridgehead atoms. The summed E-state index contributed by atoms with van der Waals surface area (Å²) < 4.78 is 20.4. The van der Waals surface area contributed by atoms with Gasteiger partial charge in [-0.05, 0) is 44.0 Å². The topological polar surface area (TPSA) is 72.3 Å². The maximum atomic E-state index is 12.9. The Morgan fingerprint density at radius 1 is 1.42 bits per heavy atom. The number of rotatable bonds is 4. The highest BCUT2D eigenvalue weighted by Gasteiger charge is 2.25. The van der Waals surface area contributed by atoms with Crippen molar-refractivity contribution in [1.29, 1.82) is 0 Å². The number of carbonyl (C=O) groups is 1. The lowest BCUT2D eigenvalue weighted by Gasteiger charge is -2.32. The minimum atomic E-state index is -0.300. The number of likely N-dealkylation sites (tertiary alicyclic amines) is 1. The molecule has 0 saturated carbocycles. The number of hydrogen-bond acceptors (Lipinski definition) is 4. The zero-order valence-corrected chi connectivity index (χ0v) is 13.5. The van der Waals surface area contributed by atoms with Crippen LogP contribution in [0.1, 0.15) is 19.8 Å². The van der Waals surface area contributed by atoms with Gasteiger partial charge < -0.3 is 9.64 Å². The predicted octanol–water partition coefficient (Wildman–Crippen LogP) is 2.51. The van der Waals surface area contributed by atoms with Crippen LogP contribution < -0.4 is 10.1 Å². The summed E-state index contributed by atoms with van der Waals surface area (Å²) in [6.07, 6.45) is 3.16. The highest BCUT2D eigenvalue weighted by Crippen LogP contribution is 2.19. The predicted molar refractivity (Wildman–Crippen MR) is 86.3 cm³/mol. The van der Waals surface area contributed by atoms with Crippen molar-refractivity contribution in [3.8, 4) is 5.75 Å². The SMILES string of the molecule is CCn1cnc(NC(=O)N2CCCC(Oc3ccc(F)cc3)C2)n1. The molecular weight excluding hydrogens is 313 g/mol. The van der Waals surface area contributed by atoms with Crippen molar-refractivity contribution in [3.05, 3.63) is 36.4 Å². The minimum Gasteiger partial charge on any atom is -0.489 e. The fraction of sp³-hybridized carbons (Fsp3) is 0.438. The van der Waals surface area contributed by atoms with Gasteiger partial charge in [-0.25, -0.2) is 14.2 Å². The molecule has 0 aliphatic carbocycles. The maximum absolute atomic E-state index is 12.9. The van der Waals surface area contributed by atoms with Crippen molar-refractivity contribution < 1.29 is 13.9 Å². The lowest BCUT2D eigenvalue weighted by molar-refractivity contribution is 0.106. The molecule has 2 aromatic rings. The summed E-state index contributed by atoms with van der Waals surface area (Å²) in [5.41, 5.74) is 0. The second kappa shape index (κ2) is 7.29. The van der Waals surface area contributed by atoms with Gasteiger partial charge >= 0.3 is 6.03 Å². The molecule has 1 saturated heterocycles. The van der Waals surface area contributed by atoms with Crippen LogP contribution in [-0.2, 0) is 6.54 Å². The van der Waals surface area contributed by atoms with Gasteiger partial charge in [0, 0.05) is 13.1 Å². The number of carbonyl (C=O) groups excluding carboxylic acids is 1. The Morgan fingerprint density at radius 2 is 2.21 bits per heavy atom. The fourth-order valence-corrected chi connectivity index (χ4v) is 2.60. The average Bonchev–Trinajstić information content (AvgIpc) is 3.05. The summed E-state index contributed by atoms with van der Waals surface area (Å²) >= 11 is 0. The van der Waals surface area contributed by atoms with E-state index < -0.39 is 0 Å². The molecule has 1 aromatic heterocycles. The molecule has 1 fully saturated rings. The first-order valence-electron chi connectivity index (χ1n) is 8.01. The minimum absolute atomic E-state index is 0.115. The van der Waals surface area contributed by atoms with Crippen LogP contribution in [-0.4, -0.2) is 44.9 Å². The van der Waals surface area contributed by atoms with E-state index in [0.29, 0.717) is 31.3 Å². The molecule has 1 aliphatic rings. The van der Waals surface area contributed by atoms with E-state index in [1.165, 1.54) is 12.1 Å². The van der Waals surface area contributed by atoms with Crippen LogP contribution in [0.5, 0.6) is 5.75 Å². The number of hydrogen-bond donors (Lipinski definition) is 1. The third-order valence-corrected chi connectivity index (χ3v) is 3.86. The van der Waals surface area contributed by atoms with Gasteiger partial charge in [0.05, 0.1) is 6.54 Å². The van der Waals surface area contributed by atoms with Gasteiger partial charge in [0.25, 0.3) is 0 Å². The molecule has 2 amide bonds. The Labute approximate surface area is 139 Å². The first-order chi connectivity index (χ1) is 11.6. The van der Waals surface area contributed by atoms with Gasteiger partial charge in [0.2, 0.25) is 5.95 Å². The molecule has 8 heteroatoms. The molecule has 1 atom stereocenters. The fourth-order valence-electron chi connectivity index (χ4n) is 2.60. The standard InChI is InChI=1S/C16H20FN5O2/c1-2-22-11-18-15(20-22)19-16(23)21-9-3-4-14(10-21)24-13-7-5-12(17)6-8-13/h5-8,11,14H,2-4,9-10H2,1H3,(H,19,20,23). The Hall–Kier alpha value is -2.64. The summed E-state index contributed by atoms with van der Waals surface area (Å²) in [4.78, 5) is 18.1. The quantitative estimate of drug-likeness (QED) is 0.933. The van der Waals surface area contributed by atoms with E-state index in [4.69, 9.17) is 4.74 Å². The second-order valence-electron chi connectivity index (χ2n) is 5.64. The number of piperidine rings is 1. The van der Waals surface area contributed by atoms with E-state index in [9.17, 15) is 9.18 Å². The molecule has 1 unspecified atom stereocenters. The van der Waals surface area contributed by atoms with Crippen LogP contribution in [0.15, 0.2) is 30.6 Å². The van der Waals surface area contributed by atoms with Crippen molar-refractivity contribution >= 4 is 12.0 Å². The third-order valence-electron chi connectivity index (χ3n) is 3.86. The molecular formula is C16H20FN5O2. The zero-order chi connectivity index (χ0) is 16.9. The van der Waals surface area contributed by atoms with Crippen LogP contribution in [0, 0.1) is 5.82 Å². The van der Waals surface area contributed by atoms with Crippen molar-refractivity contribution in [2.45, 2.75) is 32.4 Å². The Balaban J connectivity index is 1.56. The van der Waals surface area contributed by atoms with Crippen molar-refractivity contribution in [2.75, 3.05) is 18.4 Å². The number of ether oxygens (including phenoxy) is 1. The molecule has 2 heterocycles. The monoisotopic (exact) mass is 333 g/mol. The van der Waals surface area contributed by atoms with Crippen molar-refractivity contribution in [3.63, 3.8) is 0 Å². The first-order valence-corrected chi connectivity index (χ1v) is 8.01. The van der Waals surface area contributed by atoms with Gasteiger partial charge in [-0.15, -0.1) is 5.10 Å². The van der Waals surface area contributed by atoms with Crippen molar-refractivity contribution in [2.24, 2.45) is 0 Å². The molecule has 1 aliphatic heterocycles.